The van der Waals surface area contributed by atoms with E-state index < -0.39 is 0 Å². The molecule has 0 spiro atoms. The van der Waals surface area contributed by atoms with Crippen molar-refractivity contribution < 1.29 is 19.1 Å². The minimum absolute atomic E-state index is 0.267. The molecule has 8 heteroatoms. The lowest BCUT2D eigenvalue weighted by Crippen LogP contribution is -2.23. The molecule has 0 fully saturated rings. The molecule has 3 rings (SSSR count). The molecule has 0 unspecified atom stereocenters. The van der Waals surface area contributed by atoms with Gasteiger partial charge in [-0.25, -0.2) is 0 Å². The van der Waals surface area contributed by atoms with Gasteiger partial charge >= 0.3 is 0 Å². The number of nitrogens with zero attached hydrogens (tertiary/aromatic N) is 1. The van der Waals surface area contributed by atoms with Crippen molar-refractivity contribution in [1.29, 1.82) is 0 Å². The Morgan fingerprint density at radius 1 is 1.29 bits per heavy atom. The summed E-state index contributed by atoms with van der Waals surface area (Å²) in [6, 6.07) is 13.6. The number of ether oxygens (including phenoxy) is 2. The lowest BCUT2D eigenvalue weighted by atomic mass is 10.2. The monoisotopic (exact) mass is 508 g/mol. The minimum atomic E-state index is -0.382. The SMILES string of the molecule is COc1cc(C=C2SC(NC(C)=O)=NC2=O)cc(I)c1OCc1ccccc1. The molecule has 0 atom stereocenters. The van der Waals surface area contributed by atoms with Crippen LogP contribution in [0, 0.1) is 3.57 Å². The number of methoxy groups -OCH3 is 1. The second kappa shape index (κ2) is 9.24. The van der Waals surface area contributed by atoms with Crippen LogP contribution in [0.3, 0.4) is 0 Å². The van der Waals surface area contributed by atoms with Crippen LogP contribution >= 0.6 is 34.4 Å². The Labute approximate surface area is 180 Å². The molecular weight excluding hydrogens is 491 g/mol. The largest absolute Gasteiger partial charge is 0.493 e. The van der Waals surface area contributed by atoms with Crippen LogP contribution in [0.5, 0.6) is 11.5 Å². The van der Waals surface area contributed by atoms with Crippen LogP contribution in [0.15, 0.2) is 52.4 Å². The molecule has 1 aliphatic rings. The van der Waals surface area contributed by atoms with Crippen molar-refractivity contribution in [1.82, 2.24) is 5.32 Å². The smallest absolute Gasteiger partial charge is 0.286 e. The van der Waals surface area contributed by atoms with E-state index in [4.69, 9.17) is 9.47 Å². The predicted octanol–water partition coefficient (Wildman–Crippen LogP) is 3.99. The Morgan fingerprint density at radius 3 is 2.71 bits per heavy atom. The third-order valence-electron chi connectivity index (χ3n) is 3.68. The van der Waals surface area contributed by atoms with E-state index in [2.05, 4.69) is 32.9 Å². The third kappa shape index (κ3) is 5.14. The highest BCUT2D eigenvalue weighted by atomic mass is 127. The van der Waals surface area contributed by atoms with Crippen LogP contribution in [0.1, 0.15) is 18.1 Å². The Balaban J connectivity index is 1.80. The summed E-state index contributed by atoms with van der Waals surface area (Å²) in [5, 5.41) is 2.81. The number of carbonyl (C=O) groups is 2. The van der Waals surface area contributed by atoms with Gasteiger partial charge in [0.1, 0.15) is 6.61 Å². The van der Waals surface area contributed by atoms with E-state index in [-0.39, 0.29) is 17.0 Å². The highest BCUT2D eigenvalue weighted by Crippen LogP contribution is 2.36. The number of carbonyl (C=O) groups excluding carboxylic acids is 2. The number of halogens is 1. The van der Waals surface area contributed by atoms with Crippen molar-refractivity contribution in [2.45, 2.75) is 13.5 Å². The second-order valence-electron chi connectivity index (χ2n) is 5.82. The quantitative estimate of drug-likeness (QED) is 0.489. The fraction of sp³-hybridized carbons (Fsp3) is 0.150. The summed E-state index contributed by atoms with van der Waals surface area (Å²) in [4.78, 5) is 27.4. The number of hydrogen-bond donors (Lipinski definition) is 1. The van der Waals surface area contributed by atoms with Gasteiger partial charge in [0.05, 0.1) is 15.6 Å². The Morgan fingerprint density at radius 2 is 2.04 bits per heavy atom. The molecule has 0 saturated carbocycles. The van der Waals surface area contributed by atoms with E-state index in [1.54, 1.807) is 19.3 Å². The molecule has 6 nitrogen and oxygen atoms in total. The van der Waals surface area contributed by atoms with Gasteiger partial charge in [-0.2, -0.15) is 4.99 Å². The molecule has 0 radical (unpaired) electrons. The second-order valence-corrected chi connectivity index (χ2v) is 8.02. The topological polar surface area (TPSA) is 77.0 Å². The summed E-state index contributed by atoms with van der Waals surface area (Å²) in [7, 11) is 1.57. The van der Waals surface area contributed by atoms with Gasteiger partial charge in [0, 0.05) is 6.92 Å². The average molecular weight is 508 g/mol. The summed E-state index contributed by atoms with van der Waals surface area (Å²) in [6.07, 6.45) is 1.72. The Bertz CT molecular complexity index is 974. The van der Waals surface area contributed by atoms with Crippen molar-refractivity contribution in [3.8, 4) is 11.5 Å². The molecule has 0 saturated heterocycles. The molecule has 2 aromatic rings. The fourth-order valence-electron chi connectivity index (χ4n) is 2.46. The summed E-state index contributed by atoms with van der Waals surface area (Å²) in [5.74, 6) is 0.575. The van der Waals surface area contributed by atoms with Crippen molar-refractivity contribution in [2.24, 2.45) is 4.99 Å². The summed E-state index contributed by atoms with van der Waals surface area (Å²) in [5.41, 5.74) is 1.84. The maximum Gasteiger partial charge on any atom is 0.286 e. The van der Waals surface area contributed by atoms with Gasteiger partial charge in [-0.05, 0) is 63.7 Å². The van der Waals surface area contributed by atoms with Crippen molar-refractivity contribution in [3.05, 3.63) is 62.1 Å². The van der Waals surface area contributed by atoms with E-state index in [1.165, 1.54) is 6.92 Å². The van der Waals surface area contributed by atoms with E-state index >= 15 is 0 Å². The molecule has 144 valence electrons. The van der Waals surface area contributed by atoms with Crippen molar-refractivity contribution in [3.63, 3.8) is 0 Å². The van der Waals surface area contributed by atoms with E-state index in [0.29, 0.717) is 23.0 Å². The molecule has 28 heavy (non-hydrogen) atoms. The first-order valence-electron chi connectivity index (χ1n) is 8.30. The average Bonchev–Trinajstić information content (AvgIpc) is 2.99. The maximum absolute atomic E-state index is 12.1. The number of nitrogens with one attached hydrogen (secondary N) is 1. The van der Waals surface area contributed by atoms with Crippen molar-refractivity contribution in [2.75, 3.05) is 7.11 Å². The number of hydrogen-bond acceptors (Lipinski definition) is 5. The van der Waals surface area contributed by atoms with Crippen LogP contribution < -0.4 is 14.8 Å². The maximum atomic E-state index is 12.1. The predicted molar refractivity (Wildman–Crippen MR) is 118 cm³/mol. The zero-order chi connectivity index (χ0) is 20.1. The molecule has 0 aromatic heterocycles. The molecule has 2 aromatic carbocycles. The normalized spacial score (nSPS) is 14.8. The number of aliphatic imine (C=N–C) groups is 1. The van der Waals surface area contributed by atoms with Gasteiger partial charge in [0.15, 0.2) is 16.7 Å². The molecule has 1 N–H and O–H groups in total. The number of amides is 2. The Kier molecular flexibility index (Phi) is 6.74. The standard InChI is InChI=1S/C20H17IN2O4S/c1-12(24)22-20-23-19(25)17(28-20)10-14-8-15(21)18(16(9-14)26-2)27-11-13-6-4-3-5-7-13/h3-10H,11H2,1-2H3,(H,22,23,24,25). The summed E-state index contributed by atoms with van der Waals surface area (Å²) >= 11 is 3.31. The summed E-state index contributed by atoms with van der Waals surface area (Å²) < 4.78 is 12.3. The van der Waals surface area contributed by atoms with Gasteiger partial charge in [0.25, 0.3) is 5.91 Å². The fourth-order valence-corrected chi connectivity index (χ4v) is 4.10. The Hall–Kier alpha value is -2.33. The number of rotatable bonds is 5. The lowest BCUT2D eigenvalue weighted by Gasteiger charge is -2.14. The van der Waals surface area contributed by atoms with Crippen LogP contribution in [-0.2, 0) is 16.2 Å². The third-order valence-corrected chi connectivity index (χ3v) is 5.38. The van der Waals surface area contributed by atoms with Crippen LogP contribution in [0.4, 0.5) is 0 Å². The molecule has 1 aliphatic heterocycles. The molecular formula is C20H17IN2O4S. The van der Waals surface area contributed by atoms with Gasteiger partial charge in [0.2, 0.25) is 5.91 Å². The molecule has 1 heterocycles. The molecule has 0 aliphatic carbocycles. The highest BCUT2D eigenvalue weighted by molar-refractivity contribution is 14.1. The van der Waals surface area contributed by atoms with Gasteiger partial charge in [-0.3, -0.25) is 9.59 Å². The first-order valence-corrected chi connectivity index (χ1v) is 10.2. The molecule has 0 bridgehead atoms. The number of thioether (sulfide) groups is 1. The van der Waals surface area contributed by atoms with Gasteiger partial charge in [-0.1, -0.05) is 30.3 Å². The lowest BCUT2D eigenvalue weighted by molar-refractivity contribution is -0.117. The van der Waals surface area contributed by atoms with Gasteiger partial charge < -0.3 is 14.8 Å². The zero-order valence-corrected chi connectivity index (χ0v) is 18.2. The van der Waals surface area contributed by atoms with E-state index in [9.17, 15) is 9.59 Å². The van der Waals surface area contributed by atoms with Crippen LogP contribution in [0.25, 0.3) is 6.08 Å². The number of amidine groups is 1. The van der Waals surface area contributed by atoms with E-state index in [1.807, 2.05) is 36.4 Å². The number of benzene rings is 2. The van der Waals surface area contributed by atoms with Crippen LogP contribution in [-0.4, -0.2) is 24.1 Å². The minimum Gasteiger partial charge on any atom is -0.493 e. The van der Waals surface area contributed by atoms with E-state index in [0.717, 1.165) is 26.5 Å². The van der Waals surface area contributed by atoms with Gasteiger partial charge in [-0.15, -0.1) is 0 Å². The zero-order valence-electron chi connectivity index (χ0n) is 15.2. The summed E-state index contributed by atoms with van der Waals surface area (Å²) in [6.45, 7) is 1.80. The molecule has 2 amide bonds. The van der Waals surface area contributed by atoms with Crippen molar-refractivity contribution >= 4 is 57.4 Å². The van der Waals surface area contributed by atoms with Crippen LogP contribution in [0.2, 0.25) is 0 Å². The highest BCUT2D eigenvalue weighted by Gasteiger charge is 2.23. The first-order chi connectivity index (χ1) is 13.5. The first kappa shape index (κ1) is 20.4.